The number of amides is 1. The third-order valence-electron chi connectivity index (χ3n) is 5.47. The number of ether oxygens (including phenoxy) is 1. The molecule has 1 N–H and O–H groups in total. The second kappa shape index (κ2) is 7.06. The number of nitrogens with zero attached hydrogens (tertiary/aromatic N) is 3. The molecule has 0 atom stereocenters. The van der Waals surface area contributed by atoms with Crippen molar-refractivity contribution in [3.63, 3.8) is 0 Å². The monoisotopic (exact) mass is 398 g/mol. The topological polar surface area (TPSA) is 87.9 Å². The maximum Gasteiger partial charge on any atom is 0.254 e. The van der Waals surface area contributed by atoms with E-state index in [4.69, 9.17) is 21.6 Å². The number of carbonyl (C=O) groups excluding carboxylic acids is 1. The Kier molecular flexibility index (Phi) is 5.07. The standard InChI is InChI=1S/C21H23ClN4O2/c1-12-24-10-14(11-25-12)17(27)26-18-20(2,3)19(21(18,4)5)28-15-7-6-13(9-23)16(22)8-15/h6-8,10-11,18-19H,1-5H3,(H,26,27). The number of nitriles is 1. The molecule has 3 rings (SSSR count). The molecule has 1 aromatic heterocycles. The van der Waals surface area contributed by atoms with Crippen molar-refractivity contribution in [2.24, 2.45) is 10.8 Å². The second-order valence-electron chi connectivity index (χ2n) is 8.32. The van der Waals surface area contributed by atoms with Gasteiger partial charge in [-0.2, -0.15) is 5.26 Å². The molecule has 0 radical (unpaired) electrons. The first-order chi connectivity index (χ1) is 13.1. The van der Waals surface area contributed by atoms with Crippen molar-refractivity contribution in [2.75, 3.05) is 0 Å². The minimum absolute atomic E-state index is 0.104. The Morgan fingerprint density at radius 3 is 2.36 bits per heavy atom. The molecule has 0 spiro atoms. The number of hydrogen-bond acceptors (Lipinski definition) is 5. The lowest BCUT2D eigenvalue weighted by atomic mass is 9.49. The maximum atomic E-state index is 12.6. The Hall–Kier alpha value is -2.65. The molecule has 1 saturated carbocycles. The molecule has 1 fully saturated rings. The normalized spacial score (nSPS) is 21.9. The zero-order valence-electron chi connectivity index (χ0n) is 16.6. The summed E-state index contributed by atoms with van der Waals surface area (Å²) in [6.45, 7) is 10.0. The van der Waals surface area contributed by atoms with Crippen molar-refractivity contribution in [1.29, 1.82) is 5.26 Å². The molecule has 1 aromatic carbocycles. The highest BCUT2D eigenvalue weighted by molar-refractivity contribution is 6.31. The first-order valence-corrected chi connectivity index (χ1v) is 9.41. The highest BCUT2D eigenvalue weighted by Crippen LogP contribution is 2.55. The van der Waals surface area contributed by atoms with E-state index in [-0.39, 0.29) is 28.9 Å². The fourth-order valence-electron chi connectivity index (χ4n) is 4.32. The van der Waals surface area contributed by atoms with Gasteiger partial charge >= 0.3 is 0 Å². The largest absolute Gasteiger partial charge is 0.489 e. The molecular weight excluding hydrogens is 376 g/mol. The Bertz CT molecular complexity index is 932. The van der Waals surface area contributed by atoms with E-state index in [1.807, 2.05) is 6.07 Å². The van der Waals surface area contributed by atoms with Crippen LogP contribution in [-0.2, 0) is 0 Å². The predicted octanol–water partition coefficient (Wildman–Crippen LogP) is 3.92. The summed E-state index contributed by atoms with van der Waals surface area (Å²) < 4.78 is 6.22. The van der Waals surface area contributed by atoms with Crippen LogP contribution in [-0.4, -0.2) is 28.0 Å². The van der Waals surface area contributed by atoms with Gasteiger partial charge in [-0.05, 0) is 19.1 Å². The van der Waals surface area contributed by atoms with Gasteiger partial charge in [0.05, 0.1) is 16.1 Å². The molecule has 0 aliphatic heterocycles. The molecule has 1 aliphatic carbocycles. The number of aryl methyl sites for hydroxylation is 1. The summed E-state index contributed by atoms with van der Waals surface area (Å²) in [6.07, 6.45) is 2.91. The van der Waals surface area contributed by atoms with Gasteiger partial charge in [0.2, 0.25) is 0 Å². The molecule has 6 nitrogen and oxygen atoms in total. The van der Waals surface area contributed by atoms with E-state index in [9.17, 15) is 4.79 Å². The molecule has 1 heterocycles. The van der Waals surface area contributed by atoms with Gasteiger partial charge in [0.25, 0.3) is 5.91 Å². The number of hydrogen-bond donors (Lipinski definition) is 1. The smallest absolute Gasteiger partial charge is 0.254 e. The number of halogens is 1. The van der Waals surface area contributed by atoms with E-state index in [0.29, 0.717) is 27.7 Å². The zero-order valence-corrected chi connectivity index (χ0v) is 17.3. The van der Waals surface area contributed by atoms with Crippen molar-refractivity contribution in [3.8, 4) is 11.8 Å². The SMILES string of the molecule is Cc1ncc(C(=O)NC2C(C)(C)C(Oc3ccc(C#N)c(Cl)c3)C2(C)C)cn1. The van der Waals surface area contributed by atoms with E-state index in [0.717, 1.165) is 0 Å². The van der Waals surface area contributed by atoms with Crippen LogP contribution in [0.4, 0.5) is 0 Å². The molecule has 0 saturated heterocycles. The van der Waals surface area contributed by atoms with Crippen LogP contribution in [0.1, 0.15) is 49.4 Å². The second-order valence-corrected chi connectivity index (χ2v) is 8.73. The van der Waals surface area contributed by atoms with Crippen LogP contribution in [0.3, 0.4) is 0 Å². The van der Waals surface area contributed by atoms with Crippen molar-refractivity contribution in [3.05, 3.63) is 52.6 Å². The van der Waals surface area contributed by atoms with Crippen LogP contribution in [0.15, 0.2) is 30.6 Å². The predicted molar refractivity (Wildman–Crippen MR) is 106 cm³/mol. The van der Waals surface area contributed by atoms with E-state index in [1.54, 1.807) is 25.1 Å². The fourth-order valence-corrected chi connectivity index (χ4v) is 4.53. The first-order valence-electron chi connectivity index (χ1n) is 9.03. The Morgan fingerprint density at radius 2 is 1.82 bits per heavy atom. The molecule has 0 bridgehead atoms. The van der Waals surface area contributed by atoms with Crippen LogP contribution in [0, 0.1) is 29.1 Å². The average Bonchev–Trinajstić information content (AvgIpc) is 2.64. The van der Waals surface area contributed by atoms with E-state index >= 15 is 0 Å². The average molecular weight is 399 g/mol. The van der Waals surface area contributed by atoms with E-state index in [2.05, 4.69) is 43.0 Å². The van der Waals surface area contributed by atoms with Gasteiger partial charge in [0.15, 0.2) is 0 Å². The molecule has 1 amide bonds. The van der Waals surface area contributed by atoms with Crippen molar-refractivity contribution < 1.29 is 9.53 Å². The minimum Gasteiger partial charge on any atom is -0.489 e. The zero-order chi connectivity index (χ0) is 20.7. The van der Waals surface area contributed by atoms with Crippen molar-refractivity contribution in [1.82, 2.24) is 15.3 Å². The molecule has 1 aliphatic rings. The fraction of sp³-hybridized carbons (Fsp3) is 0.429. The highest BCUT2D eigenvalue weighted by Gasteiger charge is 2.64. The van der Waals surface area contributed by atoms with E-state index < -0.39 is 0 Å². The van der Waals surface area contributed by atoms with E-state index in [1.165, 1.54) is 12.4 Å². The van der Waals surface area contributed by atoms with Crippen molar-refractivity contribution >= 4 is 17.5 Å². The first kappa shape index (κ1) is 20.1. The summed E-state index contributed by atoms with van der Waals surface area (Å²) in [6, 6.07) is 6.98. The molecule has 2 aromatic rings. The number of rotatable bonds is 4. The lowest BCUT2D eigenvalue weighted by Gasteiger charge is -2.63. The van der Waals surface area contributed by atoms with Crippen LogP contribution in [0.25, 0.3) is 0 Å². The maximum absolute atomic E-state index is 12.6. The highest BCUT2D eigenvalue weighted by atomic mass is 35.5. The van der Waals surface area contributed by atoms with Gasteiger partial charge in [-0.1, -0.05) is 39.3 Å². The molecule has 7 heteroatoms. The summed E-state index contributed by atoms with van der Waals surface area (Å²) in [7, 11) is 0. The Balaban J connectivity index is 1.76. The minimum atomic E-state index is -0.314. The molecule has 146 valence electrons. The van der Waals surface area contributed by atoms with Gasteiger partial charge in [-0.3, -0.25) is 4.79 Å². The van der Waals surface area contributed by atoms with Gasteiger partial charge in [0, 0.05) is 35.3 Å². The molecule has 0 unspecified atom stereocenters. The van der Waals surface area contributed by atoms with Gasteiger partial charge in [0.1, 0.15) is 23.7 Å². The van der Waals surface area contributed by atoms with Gasteiger partial charge in [-0.25, -0.2) is 9.97 Å². The Morgan fingerprint density at radius 1 is 1.21 bits per heavy atom. The summed E-state index contributed by atoms with van der Waals surface area (Å²) in [5, 5.41) is 12.5. The number of nitrogens with one attached hydrogen (secondary N) is 1. The Labute approximate surface area is 169 Å². The van der Waals surface area contributed by atoms with Gasteiger partial charge < -0.3 is 10.1 Å². The number of carbonyl (C=O) groups is 1. The van der Waals surface area contributed by atoms with Crippen LogP contribution in [0.2, 0.25) is 5.02 Å². The quantitative estimate of drug-likeness (QED) is 0.843. The summed E-state index contributed by atoms with van der Waals surface area (Å²) in [4.78, 5) is 20.8. The lowest BCUT2D eigenvalue weighted by molar-refractivity contribution is -0.164. The van der Waals surface area contributed by atoms with Crippen LogP contribution in [0.5, 0.6) is 5.75 Å². The third kappa shape index (κ3) is 3.43. The summed E-state index contributed by atoms with van der Waals surface area (Å²) >= 11 is 6.12. The lowest BCUT2D eigenvalue weighted by Crippen LogP contribution is -2.74. The van der Waals surface area contributed by atoms with Crippen LogP contribution >= 0.6 is 11.6 Å². The van der Waals surface area contributed by atoms with Gasteiger partial charge in [-0.15, -0.1) is 0 Å². The third-order valence-corrected chi connectivity index (χ3v) is 5.79. The molecular formula is C21H23ClN4O2. The summed E-state index contributed by atoms with van der Waals surface area (Å²) in [5.74, 6) is 1.02. The molecule has 28 heavy (non-hydrogen) atoms. The van der Waals surface area contributed by atoms with Crippen LogP contribution < -0.4 is 10.1 Å². The number of aromatic nitrogens is 2. The number of benzene rings is 1. The summed E-state index contributed by atoms with van der Waals surface area (Å²) in [5.41, 5.74) is 0.211. The van der Waals surface area contributed by atoms with Crippen molar-refractivity contribution in [2.45, 2.75) is 46.8 Å².